The number of aromatic nitrogens is 3. The van der Waals surface area contributed by atoms with Crippen LogP contribution in [0.2, 0.25) is 0 Å². The summed E-state index contributed by atoms with van der Waals surface area (Å²) < 4.78 is 8.03. The van der Waals surface area contributed by atoms with Crippen LogP contribution in [0, 0.1) is 3.57 Å². The topological polar surface area (TPSA) is 77.2 Å². The molecule has 18 heavy (non-hydrogen) atoms. The molecule has 0 aliphatic rings. The highest BCUT2D eigenvalue weighted by Crippen LogP contribution is 2.22. The maximum Gasteiger partial charge on any atom is 0.339 e. The number of aryl methyl sites for hydroxylation is 1. The molecular formula is C11H10IN3O3. The lowest BCUT2D eigenvalue weighted by molar-refractivity contribution is 0.0691. The van der Waals surface area contributed by atoms with Crippen LogP contribution in [0.25, 0.3) is 0 Å². The van der Waals surface area contributed by atoms with E-state index < -0.39 is 5.97 Å². The van der Waals surface area contributed by atoms with Crippen molar-refractivity contribution in [2.45, 2.75) is 6.61 Å². The molecule has 0 amide bonds. The molecule has 0 bridgehead atoms. The molecule has 0 fully saturated rings. The van der Waals surface area contributed by atoms with E-state index in [2.05, 4.69) is 32.8 Å². The minimum atomic E-state index is -1.01. The van der Waals surface area contributed by atoms with Gasteiger partial charge in [-0.15, -0.1) is 10.2 Å². The summed E-state index contributed by atoms with van der Waals surface area (Å²) in [6.45, 7) is 0.178. The smallest absolute Gasteiger partial charge is 0.339 e. The van der Waals surface area contributed by atoms with E-state index in [0.29, 0.717) is 11.6 Å². The highest BCUT2D eigenvalue weighted by Gasteiger charge is 2.12. The largest absolute Gasteiger partial charge is 0.485 e. The summed E-state index contributed by atoms with van der Waals surface area (Å²) >= 11 is 2.05. The van der Waals surface area contributed by atoms with Gasteiger partial charge < -0.3 is 14.4 Å². The number of rotatable bonds is 4. The third-order valence-corrected chi connectivity index (χ3v) is 3.00. The third-order valence-electron chi connectivity index (χ3n) is 2.33. The molecule has 0 radical (unpaired) electrons. The molecule has 1 N–H and O–H groups in total. The molecule has 6 nitrogen and oxygen atoms in total. The van der Waals surface area contributed by atoms with Gasteiger partial charge >= 0.3 is 5.97 Å². The van der Waals surface area contributed by atoms with E-state index in [1.165, 1.54) is 0 Å². The van der Waals surface area contributed by atoms with E-state index in [1.807, 2.05) is 0 Å². The van der Waals surface area contributed by atoms with E-state index in [9.17, 15) is 4.79 Å². The minimum Gasteiger partial charge on any atom is -0.485 e. The lowest BCUT2D eigenvalue weighted by Crippen LogP contribution is -2.07. The quantitative estimate of drug-likeness (QED) is 0.841. The summed E-state index contributed by atoms with van der Waals surface area (Å²) in [5.41, 5.74) is 0.143. The normalized spacial score (nSPS) is 10.3. The average molecular weight is 359 g/mol. The summed E-state index contributed by atoms with van der Waals surface area (Å²) in [5.74, 6) is -0.0581. The van der Waals surface area contributed by atoms with Crippen LogP contribution in [-0.2, 0) is 13.7 Å². The first kappa shape index (κ1) is 12.8. The molecule has 1 aromatic heterocycles. The Bertz CT molecular complexity index is 583. The number of ether oxygens (including phenoxy) is 1. The first-order valence-corrected chi connectivity index (χ1v) is 6.14. The summed E-state index contributed by atoms with van der Waals surface area (Å²) in [6, 6.07) is 5.00. The first-order valence-electron chi connectivity index (χ1n) is 5.06. The Morgan fingerprint density at radius 2 is 2.33 bits per heavy atom. The van der Waals surface area contributed by atoms with Gasteiger partial charge in [-0.05, 0) is 40.8 Å². The molecule has 2 aromatic rings. The number of benzene rings is 1. The summed E-state index contributed by atoms with van der Waals surface area (Å²) in [4.78, 5) is 11.1. The van der Waals surface area contributed by atoms with Crippen molar-refractivity contribution < 1.29 is 14.6 Å². The van der Waals surface area contributed by atoms with Crippen LogP contribution in [0.15, 0.2) is 24.5 Å². The SMILES string of the molecule is Cn1cnnc1COc1ccc(I)cc1C(=O)O. The number of nitrogens with zero attached hydrogens (tertiary/aromatic N) is 3. The fourth-order valence-electron chi connectivity index (χ4n) is 1.38. The minimum absolute atomic E-state index is 0.143. The van der Waals surface area contributed by atoms with Crippen LogP contribution in [0.3, 0.4) is 0 Å². The molecule has 1 heterocycles. The summed E-state index contributed by atoms with van der Waals surface area (Å²) in [7, 11) is 1.80. The van der Waals surface area contributed by atoms with Crippen LogP contribution in [0.1, 0.15) is 16.2 Å². The molecule has 0 aliphatic carbocycles. The van der Waals surface area contributed by atoms with Crippen molar-refractivity contribution in [2.24, 2.45) is 7.05 Å². The maximum atomic E-state index is 11.1. The van der Waals surface area contributed by atoms with Crippen LogP contribution in [-0.4, -0.2) is 25.8 Å². The number of carbonyl (C=O) groups is 1. The fourth-order valence-corrected chi connectivity index (χ4v) is 1.87. The van der Waals surface area contributed by atoms with Gasteiger partial charge in [0.05, 0.1) is 0 Å². The average Bonchev–Trinajstić information content (AvgIpc) is 2.73. The van der Waals surface area contributed by atoms with Crippen molar-refractivity contribution in [3.8, 4) is 5.75 Å². The maximum absolute atomic E-state index is 11.1. The monoisotopic (exact) mass is 359 g/mol. The van der Waals surface area contributed by atoms with E-state index in [4.69, 9.17) is 9.84 Å². The number of hydrogen-bond acceptors (Lipinski definition) is 4. The van der Waals surface area contributed by atoms with Gasteiger partial charge in [-0.25, -0.2) is 4.79 Å². The predicted molar refractivity (Wildman–Crippen MR) is 71.5 cm³/mol. The number of aromatic carboxylic acids is 1. The van der Waals surface area contributed by atoms with E-state index >= 15 is 0 Å². The van der Waals surface area contributed by atoms with Gasteiger partial charge in [-0.3, -0.25) is 0 Å². The van der Waals surface area contributed by atoms with Crippen LogP contribution in [0.5, 0.6) is 5.75 Å². The third kappa shape index (κ3) is 2.78. The molecule has 0 spiro atoms. The molecule has 0 aliphatic heterocycles. The highest BCUT2D eigenvalue weighted by atomic mass is 127. The van der Waals surface area contributed by atoms with Crippen molar-refractivity contribution >= 4 is 28.6 Å². The Balaban J connectivity index is 2.19. The summed E-state index contributed by atoms with van der Waals surface area (Å²) in [5, 5.41) is 16.7. The number of carboxylic acid groups (broad SMARTS) is 1. The van der Waals surface area contributed by atoms with Crippen molar-refractivity contribution in [1.29, 1.82) is 0 Å². The van der Waals surface area contributed by atoms with Gasteiger partial charge in [0.1, 0.15) is 24.2 Å². The molecule has 2 rings (SSSR count). The fraction of sp³-hybridized carbons (Fsp3) is 0.182. The Morgan fingerprint density at radius 1 is 1.56 bits per heavy atom. The number of carboxylic acids is 1. The Hall–Kier alpha value is -1.64. The van der Waals surface area contributed by atoms with Gasteiger partial charge in [0.15, 0.2) is 5.82 Å². The van der Waals surface area contributed by atoms with Crippen LogP contribution >= 0.6 is 22.6 Å². The van der Waals surface area contributed by atoms with Crippen molar-refractivity contribution in [1.82, 2.24) is 14.8 Å². The van der Waals surface area contributed by atoms with E-state index in [0.717, 1.165) is 3.57 Å². The molecule has 0 unspecified atom stereocenters. The lowest BCUT2D eigenvalue weighted by Gasteiger charge is -2.08. The number of hydrogen-bond donors (Lipinski definition) is 1. The predicted octanol–water partition coefficient (Wildman–Crippen LogP) is 1.70. The molecular weight excluding hydrogens is 349 g/mol. The molecule has 0 saturated carbocycles. The second-order valence-corrected chi connectivity index (χ2v) is 4.84. The zero-order valence-corrected chi connectivity index (χ0v) is 11.7. The van der Waals surface area contributed by atoms with Gasteiger partial charge in [0.25, 0.3) is 0 Å². The second-order valence-electron chi connectivity index (χ2n) is 3.59. The van der Waals surface area contributed by atoms with Crippen molar-refractivity contribution in [3.63, 3.8) is 0 Å². The van der Waals surface area contributed by atoms with Gasteiger partial charge in [-0.2, -0.15) is 0 Å². The Morgan fingerprint density at radius 3 is 2.94 bits per heavy atom. The Kier molecular flexibility index (Phi) is 3.80. The summed E-state index contributed by atoms with van der Waals surface area (Å²) in [6.07, 6.45) is 1.56. The lowest BCUT2D eigenvalue weighted by atomic mass is 10.2. The molecule has 94 valence electrons. The van der Waals surface area contributed by atoms with E-state index in [1.54, 1.807) is 36.1 Å². The zero-order valence-electron chi connectivity index (χ0n) is 9.50. The molecule has 0 atom stereocenters. The van der Waals surface area contributed by atoms with E-state index in [-0.39, 0.29) is 12.2 Å². The standard InChI is InChI=1S/C11H10IN3O3/c1-15-6-13-14-10(15)5-18-9-3-2-7(12)4-8(9)11(16)17/h2-4,6H,5H2,1H3,(H,16,17). The van der Waals surface area contributed by atoms with Gasteiger partial charge in [0.2, 0.25) is 0 Å². The van der Waals surface area contributed by atoms with Crippen molar-refractivity contribution in [2.75, 3.05) is 0 Å². The first-order chi connectivity index (χ1) is 8.58. The zero-order chi connectivity index (χ0) is 13.1. The van der Waals surface area contributed by atoms with Crippen LogP contribution in [0.4, 0.5) is 0 Å². The second kappa shape index (κ2) is 5.34. The molecule has 1 aromatic carbocycles. The van der Waals surface area contributed by atoms with Crippen molar-refractivity contribution in [3.05, 3.63) is 39.5 Å². The Labute approximate surface area is 117 Å². The van der Waals surface area contributed by atoms with Gasteiger partial charge in [0, 0.05) is 10.6 Å². The van der Waals surface area contributed by atoms with Crippen LogP contribution < -0.4 is 4.74 Å². The van der Waals surface area contributed by atoms with Gasteiger partial charge in [-0.1, -0.05) is 0 Å². The molecule has 7 heteroatoms. The number of halogens is 1. The molecule has 0 saturated heterocycles. The highest BCUT2D eigenvalue weighted by molar-refractivity contribution is 14.1.